The van der Waals surface area contributed by atoms with Crippen molar-refractivity contribution < 1.29 is 9.90 Å². The second-order valence-corrected chi connectivity index (χ2v) is 6.86. The second-order valence-electron chi connectivity index (χ2n) is 6.43. The Morgan fingerprint density at radius 1 is 1.18 bits per heavy atom. The molecule has 2 fully saturated rings. The van der Waals surface area contributed by atoms with Crippen LogP contribution in [-0.2, 0) is 0 Å². The molecule has 1 aromatic carbocycles. The number of hydrogen-bond donors (Lipinski definition) is 1. The number of rotatable bonds is 2. The molecule has 1 N–H and O–H groups in total. The van der Waals surface area contributed by atoms with Crippen LogP contribution in [0.4, 0.5) is 4.79 Å². The average molecular weight is 319 g/mol. The van der Waals surface area contributed by atoms with Crippen LogP contribution in [0.1, 0.15) is 43.2 Å². The van der Waals surface area contributed by atoms with Gasteiger partial charge in [0.05, 0.1) is 0 Å². The van der Waals surface area contributed by atoms with Crippen LogP contribution in [0.25, 0.3) is 10.9 Å². The molecule has 1 aliphatic carbocycles. The Bertz CT molecular complexity index is 728. The minimum Gasteiger partial charge on any atom is -0.465 e. The molecule has 116 valence electrons. The van der Waals surface area contributed by atoms with E-state index < -0.39 is 6.09 Å². The molecular formula is C17H19ClN2O2. The molecule has 1 amide bonds. The smallest absolute Gasteiger partial charge is 0.407 e. The fourth-order valence-electron chi connectivity index (χ4n) is 3.62. The van der Waals surface area contributed by atoms with Crippen molar-refractivity contribution in [1.82, 2.24) is 9.47 Å². The van der Waals surface area contributed by atoms with Crippen molar-refractivity contribution >= 4 is 28.6 Å². The molecule has 0 bridgehead atoms. The monoisotopic (exact) mass is 318 g/mol. The van der Waals surface area contributed by atoms with Crippen molar-refractivity contribution in [3.8, 4) is 0 Å². The maximum Gasteiger partial charge on any atom is 0.407 e. The highest BCUT2D eigenvalue weighted by Gasteiger charge is 2.29. The molecule has 1 saturated heterocycles. The predicted octanol–water partition coefficient (Wildman–Crippen LogP) is 4.49. The van der Waals surface area contributed by atoms with Gasteiger partial charge in [-0.25, -0.2) is 4.79 Å². The molecule has 4 nitrogen and oxygen atoms in total. The summed E-state index contributed by atoms with van der Waals surface area (Å²) >= 11 is 6.20. The van der Waals surface area contributed by atoms with Gasteiger partial charge in [0.2, 0.25) is 0 Å². The minimum absolute atomic E-state index is 0.427. The summed E-state index contributed by atoms with van der Waals surface area (Å²) in [5, 5.41) is 11.1. The topological polar surface area (TPSA) is 45.5 Å². The van der Waals surface area contributed by atoms with Crippen LogP contribution in [-0.4, -0.2) is 33.8 Å². The van der Waals surface area contributed by atoms with Gasteiger partial charge in [-0.15, -0.1) is 0 Å². The molecule has 0 atom stereocenters. The number of carboxylic acid groups (broad SMARTS) is 1. The van der Waals surface area contributed by atoms with Gasteiger partial charge in [-0.3, -0.25) is 0 Å². The first kappa shape index (κ1) is 13.9. The minimum atomic E-state index is -0.804. The van der Waals surface area contributed by atoms with Crippen LogP contribution >= 0.6 is 11.6 Å². The molecule has 0 unspecified atom stereocenters. The number of benzene rings is 1. The van der Waals surface area contributed by atoms with Crippen LogP contribution in [0.2, 0.25) is 5.02 Å². The number of halogens is 1. The number of amides is 1. The zero-order valence-electron chi connectivity index (χ0n) is 12.3. The Balaban J connectivity index is 1.69. The Kier molecular flexibility index (Phi) is 3.30. The van der Waals surface area contributed by atoms with Gasteiger partial charge in [0.1, 0.15) is 0 Å². The summed E-state index contributed by atoms with van der Waals surface area (Å²) in [7, 11) is 0. The van der Waals surface area contributed by atoms with Crippen molar-refractivity contribution in [1.29, 1.82) is 0 Å². The molecule has 2 heterocycles. The summed E-state index contributed by atoms with van der Waals surface area (Å²) in [5.41, 5.74) is 2.61. The standard InChI is InChI=1S/C17H19ClN2O2/c18-12-1-4-16-14(9-12)15(10-20(16)13-2-3-13)11-5-7-19(8-6-11)17(21)22/h1,4,9-11,13H,2-3,5-8H2,(H,21,22). The highest BCUT2D eigenvalue weighted by Crippen LogP contribution is 2.42. The van der Waals surface area contributed by atoms with E-state index in [1.54, 1.807) is 0 Å². The molecule has 0 radical (unpaired) electrons. The number of hydrogen-bond acceptors (Lipinski definition) is 1. The number of likely N-dealkylation sites (tertiary alicyclic amines) is 1. The van der Waals surface area contributed by atoms with Crippen molar-refractivity contribution in [3.63, 3.8) is 0 Å². The van der Waals surface area contributed by atoms with E-state index in [4.69, 9.17) is 16.7 Å². The lowest BCUT2D eigenvalue weighted by Crippen LogP contribution is -2.36. The van der Waals surface area contributed by atoms with Gasteiger partial charge >= 0.3 is 6.09 Å². The van der Waals surface area contributed by atoms with E-state index in [2.05, 4.69) is 22.9 Å². The van der Waals surface area contributed by atoms with Gasteiger partial charge in [0.25, 0.3) is 0 Å². The quantitative estimate of drug-likeness (QED) is 0.887. The lowest BCUT2D eigenvalue weighted by atomic mass is 9.89. The van der Waals surface area contributed by atoms with E-state index in [-0.39, 0.29) is 0 Å². The van der Waals surface area contributed by atoms with Crippen molar-refractivity contribution in [2.75, 3.05) is 13.1 Å². The van der Waals surface area contributed by atoms with Crippen molar-refractivity contribution in [3.05, 3.63) is 35.0 Å². The highest BCUT2D eigenvalue weighted by molar-refractivity contribution is 6.31. The zero-order chi connectivity index (χ0) is 15.3. The summed E-state index contributed by atoms with van der Waals surface area (Å²) < 4.78 is 2.39. The highest BCUT2D eigenvalue weighted by atomic mass is 35.5. The average Bonchev–Trinajstić information content (AvgIpc) is 3.29. The summed E-state index contributed by atoms with van der Waals surface area (Å²) in [6.07, 6.45) is 5.78. The third kappa shape index (κ3) is 2.35. The lowest BCUT2D eigenvalue weighted by molar-refractivity contribution is 0.132. The predicted molar refractivity (Wildman–Crippen MR) is 86.8 cm³/mol. The molecule has 22 heavy (non-hydrogen) atoms. The second kappa shape index (κ2) is 5.20. The Morgan fingerprint density at radius 3 is 2.55 bits per heavy atom. The number of fused-ring (bicyclic) bond motifs is 1. The van der Waals surface area contributed by atoms with Gasteiger partial charge in [0.15, 0.2) is 0 Å². The van der Waals surface area contributed by atoms with E-state index in [0.29, 0.717) is 25.0 Å². The number of nitrogens with zero attached hydrogens (tertiary/aromatic N) is 2. The molecule has 1 aliphatic heterocycles. The third-order valence-corrected chi connectivity index (χ3v) is 5.21. The van der Waals surface area contributed by atoms with E-state index in [0.717, 1.165) is 17.9 Å². The maximum absolute atomic E-state index is 11.1. The molecule has 4 rings (SSSR count). The first-order valence-corrected chi connectivity index (χ1v) is 8.29. The number of piperidine rings is 1. The first-order chi connectivity index (χ1) is 10.6. The number of carbonyl (C=O) groups is 1. The van der Waals surface area contributed by atoms with Gasteiger partial charge in [-0.2, -0.15) is 0 Å². The van der Waals surface area contributed by atoms with Crippen LogP contribution < -0.4 is 0 Å². The van der Waals surface area contributed by atoms with Gasteiger partial charge in [0, 0.05) is 41.3 Å². The summed E-state index contributed by atoms with van der Waals surface area (Å²) in [6.45, 7) is 1.24. The van der Waals surface area contributed by atoms with Crippen molar-refractivity contribution in [2.45, 2.75) is 37.6 Å². The van der Waals surface area contributed by atoms with Crippen LogP contribution in [0, 0.1) is 0 Å². The summed E-state index contributed by atoms with van der Waals surface area (Å²) in [4.78, 5) is 12.6. The largest absolute Gasteiger partial charge is 0.465 e. The molecule has 5 heteroatoms. The summed E-state index contributed by atoms with van der Waals surface area (Å²) in [6, 6.07) is 6.77. The normalized spacial score (nSPS) is 19.8. The Morgan fingerprint density at radius 2 is 1.91 bits per heavy atom. The van der Waals surface area contributed by atoms with E-state index in [9.17, 15) is 4.79 Å². The van der Waals surface area contributed by atoms with Crippen LogP contribution in [0.5, 0.6) is 0 Å². The molecular weight excluding hydrogens is 300 g/mol. The molecule has 1 aromatic heterocycles. The van der Waals surface area contributed by atoms with E-state index in [1.165, 1.54) is 34.2 Å². The first-order valence-electron chi connectivity index (χ1n) is 7.91. The maximum atomic E-state index is 11.1. The molecule has 2 aliphatic rings. The van der Waals surface area contributed by atoms with Crippen molar-refractivity contribution in [2.24, 2.45) is 0 Å². The SMILES string of the molecule is O=C(O)N1CCC(c2cn(C3CC3)c3ccc(Cl)cc23)CC1. The fraction of sp³-hybridized carbons (Fsp3) is 0.471. The Hall–Kier alpha value is -1.68. The van der Waals surface area contributed by atoms with E-state index in [1.807, 2.05) is 6.07 Å². The lowest BCUT2D eigenvalue weighted by Gasteiger charge is -2.29. The zero-order valence-corrected chi connectivity index (χ0v) is 13.1. The van der Waals surface area contributed by atoms with Crippen LogP contribution in [0.15, 0.2) is 24.4 Å². The Labute approximate surface area is 134 Å². The van der Waals surface area contributed by atoms with Crippen LogP contribution in [0.3, 0.4) is 0 Å². The van der Waals surface area contributed by atoms with Gasteiger partial charge in [-0.05, 0) is 55.4 Å². The third-order valence-electron chi connectivity index (χ3n) is 4.97. The van der Waals surface area contributed by atoms with E-state index >= 15 is 0 Å². The fourth-order valence-corrected chi connectivity index (χ4v) is 3.79. The molecule has 1 saturated carbocycles. The van der Waals surface area contributed by atoms with Gasteiger partial charge < -0.3 is 14.6 Å². The summed E-state index contributed by atoms with van der Waals surface area (Å²) in [5.74, 6) is 0.427. The molecule has 2 aromatic rings. The molecule has 0 spiro atoms. The number of aromatic nitrogens is 1. The van der Waals surface area contributed by atoms with Gasteiger partial charge in [-0.1, -0.05) is 11.6 Å².